The lowest BCUT2D eigenvalue weighted by Gasteiger charge is -2.31. The summed E-state index contributed by atoms with van der Waals surface area (Å²) in [6, 6.07) is 6.44. The molecule has 88 valence electrons. The fraction of sp³-hybridized carbons (Fsp3) is 0.500. The van der Waals surface area contributed by atoms with Gasteiger partial charge in [-0.05, 0) is 31.2 Å². The summed E-state index contributed by atoms with van der Waals surface area (Å²) in [7, 11) is 2.16. The smallest absolute Gasteiger partial charge is 0.0550 e. The van der Waals surface area contributed by atoms with Gasteiger partial charge in [-0.3, -0.25) is 0 Å². The Bertz CT molecular complexity index is 364. The standard InChI is InChI=1S/C12H20N4/c1-16-5-4-15-10(8-16)6-9-2-3-11(13)12(14)7-9/h2-3,7,10,15H,4-6,8,13-14H2,1H3. The molecule has 0 radical (unpaired) electrons. The van der Waals surface area contributed by atoms with Crippen molar-refractivity contribution in [3.8, 4) is 0 Å². The molecule has 1 unspecified atom stereocenters. The predicted octanol–water partition coefficient (Wildman–Crippen LogP) is 0.297. The minimum atomic E-state index is 0.516. The van der Waals surface area contributed by atoms with Gasteiger partial charge in [0.05, 0.1) is 11.4 Å². The first-order valence-corrected chi connectivity index (χ1v) is 5.71. The number of rotatable bonds is 2. The molecular formula is C12H20N4. The zero-order valence-electron chi connectivity index (χ0n) is 9.74. The highest BCUT2D eigenvalue weighted by Crippen LogP contribution is 2.17. The van der Waals surface area contributed by atoms with E-state index in [0.717, 1.165) is 26.1 Å². The molecule has 1 aromatic carbocycles. The summed E-state index contributed by atoms with van der Waals surface area (Å²) in [6.45, 7) is 3.27. The van der Waals surface area contributed by atoms with E-state index >= 15 is 0 Å². The lowest BCUT2D eigenvalue weighted by atomic mass is 10.0. The van der Waals surface area contributed by atoms with E-state index in [1.54, 1.807) is 0 Å². The van der Waals surface area contributed by atoms with E-state index in [9.17, 15) is 0 Å². The van der Waals surface area contributed by atoms with Gasteiger partial charge in [0, 0.05) is 25.7 Å². The van der Waals surface area contributed by atoms with Crippen molar-refractivity contribution in [2.75, 3.05) is 38.1 Å². The average Bonchev–Trinajstić information content (AvgIpc) is 2.24. The van der Waals surface area contributed by atoms with E-state index in [0.29, 0.717) is 17.4 Å². The van der Waals surface area contributed by atoms with Gasteiger partial charge in [0.25, 0.3) is 0 Å². The molecule has 0 spiro atoms. The second-order valence-corrected chi connectivity index (χ2v) is 4.58. The third-order valence-electron chi connectivity index (χ3n) is 3.09. The van der Waals surface area contributed by atoms with Crippen molar-refractivity contribution in [1.82, 2.24) is 10.2 Å². The number of piperazine rings is 1. The van der Waals surface area contributed by atoms with Crippen LogP contribution in [0.1, 0.15) is 5.56 Å². The Morgan fingerprint density at radius 1 is 1.38 bits per heavy atom. The fourth-order valence-corrected chi connectivity index (χ4v) is 2.16. The van der Waals surface area contributed by atoms with Crippen molar-refractivity contribution in [1.29, 1.82) is 0 Å². The maximum absolute atomic E-state index is 5.80. The van der Waals surface area contributed by atoms with Crippen molar-refractivity contribution in [3.05, 3.63) is 23.8 Å². The fourth-order valence-electron chi connectivity index (χ4n) is 2.16. The van der Waals surface area contributed by atoms with Gasteiger partial charge >= 0.3 is 0 Å². The monoisotopic (exact) mass is 220 g/mol. The molecule has 1 fully saturated rings. The van der Waals surface area contributed by atoms with E-state index in [1.165, 1.54) is 5.56 Å². The second-order valence-electron chi connectivity index (χ2n) is 4.58. The molecule has 16 heavy (non-hydrogen) atoms. The van der Waals surface area contributed by atoms with E-state index in [1.807, 2.05) is 12.1 Å². The van der Waals surface area contributed by atoms with E-state index in [2.05, 4.69) is 23.3 Å². The average molecular weight is 220 g/mol. The molecule has 4 heteroatoms. The number of nitrogen functional groups attached to an aromatic ring is 2. The van der Waals surface area contributed by atoms with Crippen molar-refractivity contribution in [2.24, 2.45) is 0 Å². The quantitative estimate of drug-likeness (QED) is 0.627. The number of nitrogens with zero attached hydrogens (tertiary/aromatic N) is 1. The Morgan fingerprint density at radius 2 is 2.19 bits per heavy atom. The molecule has 4 nitrogen and oxygen atoms in total. The topological polar surface area (TPSA) is 67.3 Å². The number of hydrogen-bond acceptors (Lipinski definition) is 4. The predicted molar refractivity (Wildman–Crippen MR) is 68.3 cm³/mol. The van der Waals surface area contributed by atoms with E-state index < -0.39 is 0 Å². The van der Waals surface area contributed by atoms with Crippen LogP contribution in [-0.2, 0) is 6.42 Å². The molecule has 2 rings (SSSR count). The first kappa shape index (κ1) is 11.2. The number of nitrogens with one attached hydrogen (secondary N) is 1. The first-order chi connectivity index (χ1) is 7.65. The molecule has 5 N–H and O–H groups in total. The Kier molecular flexibility index (Phi) is 3.31. The Hall–Kier alpha value is -1.26. The van der Waals surface area contributed by atoms with Crippen LogP contribution in [0.3, 0.4) is 0 Å². The molecule has 1 aromatic rings. The summed E-state index contributed by atoms with van der Waals surface area (Å²) in [5, 5.41) is 3.52. The molecule has 1 aliphatic heterocycles. The highest BCUT2D eigenvalue weighted by Gasteiger charge is 2.16. The maximum Gasteiger partial charge on any atom is 0.0550 e. The summed E-state index contributed by atoms with van der Waals surface area (Å²) in [5.41, 5.74) is 14.1. The number of nitrogens with two attached hydrogens (primary N) is 2. The van der Waals surface area contributed by atoms with Crippen molar-refractivity contribution >= 4 is 11.4 Å². The molecule has 1 saturated heterocycles. The number of hydrogen-bond donors (Lipinski definition) is 3. The van der Waals surface area contributed by atoms with Gasteiger partial charge in [-0.2, -0.15) is 0 Å². The van der Waals surface area contributed by atoms with Crippen molar-refractivity contribution < 1.29 is 0 Å². The third-order valence-corrected chi connectivity index (χ3v) is 3.09. The lowest BCUT2D eigenvalue weighted by molar-refractivity contribution is 0.238. The van der Waals surface area contributed by atoms with Gasteiger partial charge in [0.15, 0.2) is 0 Å². The lowest BCUT2D eigenvalue weighted by Crippen LogP contribution is -2.49. The Morgan fingerprint density at radius 3 is 2.88 bits per heavy atom. The number of anilines is 2. The van der Waals surface area contributed by atoms with Crippen LogP contribution in [0.2, 0.25) is 0 Å². The molecule has 1 heterocycles. The molecule has 0 saturated carbocycles. The van der Waals surface area contributed by atoms with Gasteiger partial charge in [-0.15, -0.1) is 0 Å². The normalized spacial score (nSPS) is 22.2. The molecule has 0 aromatic heterocycles. The SMILES string of the molecule is CN1CCNC(Cc2ccc(N)c(N)c2)C1. The Balaban J connectivity index is 2.00. The van der Waals surface area contributed by atoms with E-state index in [4.69, 9.17) is 11.5 Å². The second kappa shape index (κ2) is 4.72. The highest BCUT2D eigenvalue weighted by atomic mass is 15.2. The van der Waals surface area contributed by atoms with Crippen LogP contribution in [0, 0.1) is 0 Å². The van der Waals surface area contributed by atoms with Crippen LogP contribution in [0.5, 0.6) is 0 Å². The van der Waals surface area contributed by atoms with Crippen LogP contribution >= 0.6 is 0 Å². The summed E-state index contributed by atoms with van der Waals surface area (Å²) >= 11 is 0. The molecule has 0 bridgehead atoms. The maximum atomic E-state index is 5.80. The number of benzene rings is 1. The summed E-state index contributed by atoms with van der Waals surface area (Å²) in [6.07, 6.45) is 1.01. The zero-order valence-corrected chi connectivity index (χ0v) is 9.74. The molecule has 1 atom stereocenters. The Labute approximate surface area is 96.6 Å². The van der Waals surface area contributed by atoms with Gasteiger partial charge in [0.2, 0.25) is 0 Å². The van der Waals surface area contributed by atoms with Crippen molar-refractivity contribution in [2.45, 2.75) is 12.5 Å². The largest absolute Gasteiger partial charge is 0.397 e. The van der Waals surface area contributed by atoms with Crippen LogP contribution in [0.4, 0.5) is 11.4 Å². The van der Waals surface area contributed by atoms with Crippen molar-refractivity contribution in [3.63, 3.8) is 0 Å². The van der Waals surface area contributed by atoms with Crippen LogP contribution in [-0.4, -0.2) is 37.6 Å². The molecule has 1 aliphatic rings. The summed E-state index contributed by atoms with van der Waals surface area (Å²) < 4.78 is 0. The zero-order chi connectivity index (χ0) is 11.5. The van der Waals surface area contributed by atoms with Gasteiger partial charge in [-0.1, -0.05) is 6.07 Å². The third kappa shape index (κ3) is 2.65. The first-order valence-electron chi connectivity index (χ1n) is 5.71. The molecular weight excluding hydrogens is 200 g/mol. The minimum absolute atomic E-state index is 0.516. The van der Waals surface area contributed by atoms with Gasteiger partial charge in [-0.25, -0.2) is 0 Å². The van der Waals surface area contributed by atoms with Crippen LogP contribution in [0.25, 0.3) is 0 Å². The summed E-state index contributed by atoms with van der Waals surface area (Å²) in [5.74, 6) is 0. The van der Waals surface area contributed by atoms with Gasteiger partial charge in [0.1, 0.15) is 0 Å². The highest BCUT2D eigenvalue weighted by molar-refractivity contribution is 5.63. The van der Waals surface area contributed by atoms with Crippen LogP contribution in [0.15, 0.2) is 18.2 Å². The van der Waals surface area contributed by atoms with Gasteiger partial charge < -0.3 is 21.7 Å². The minimum Gasteiger partial charge on any atom is -0.397 e. The van der Waals surface area contributed by atoms with Crippen LogP contribution < -0.4 is 16.8 Å². The summed E-state index contributed by atoms with van der Waals surface area (Å²) in [4.78, 5) is 2.35. The molecule has 0 amide bonds. The molecule has 0 aliphatic carbocycles. The number of likely N-dealkylation sites (N-methyl/N-ethyl adjacent to an activating group) is 1. The van der Waals surface area contributed by atoms with E-state index in [-0.39, 0.29) is 0 Å².